The van der Waals surface area contributed by atoms with E-state index in [1.165, 1.54) is 0 Å². The number of methoxy groups -OCH3 is 1. The minimum Gasteiger partial charge on any atom is -0.474 e. The predicted octanol–water partition coefficient (Wildman–Crippen LogP) is 2.74. The van der Waals surface area contributed by atoms with Crippen LogP contribution in [0.2, 0.25) is 0 Å². The van der Waals surface area contributed by atoms with Gasteiger partial charge in [0.25, 0.3) is 0 Å². The number of nitrogens with one attached hydrogen (secondary N) is 1. The monoisotopic (exact) mass is 209 g/mol. The Morgan fingerprint density at radius 1 is 1.36 bits per heavy atom. The average Bonchev–Trinajstić information content (AvgIpc) is 2.67. The zero-order chi connectivity index (χ0) is 9.80. The molecule has 1 atom stereocenters. The van der Waals surface area contributed by atoms with Crippen LogP contribution in [0.1, 0.15) is 0 Å². The largest absolute Gasteiger partial charge is 0.474 e. The van der Waals surface area contributed by atoms with Crippen molar-refractivity contribution in [1.82, 2.24) is 4.98 Å². The number of aromatic nitrogens is 1. The van der Waals surface area contributed by atoms with Gasteiger partial charge >= 0.3 is 0 Å². The van der Waals surface area contributed by atoms with Crippen LogP contribution in [-0.4, -0.2) is 18.4 Å². The molecule has 2 rings (SSSR count). The van der Waals surface area contributed by atoms with Gasteiger partial charge in [-0.05, 0) is 18.2 Å². The molecule has 0 saturated carbocycles. The summed E-state index contributed by atoms with van der Waals surface area (Å²) in [6.07, 6.45) is 2.55. The second-order valence-electron chi connectivity index (χ2n) is 2.87. The second kappa shape index (κ2) is 4.45. The molecular formula is C10H12NO2P. The molecule has 0 spiro atoms. The Morgan fingerprint density at radius 2 is 2.29 bits per heavy atom. The van der Waals surface area contributed by atoms with Crippen molar-refractivity contribution in [3.63, 3.8) is 0 Å². The summed E-state index contributed by atoms with van der Waals surface area (Å²) in [4.78, 5) is 3.14. The van der Waals surface area contributed by atoms with E-state index in [0.29, 0.717) is 15.2 Å². The number of aromatic amines is 1. The van der Waals surface area contributed by atoms with Gasteiger partial charge in [-0.2, -0.15) is 0 Å². The molecule has 1 aromatic carbocycles. The standard InChI is InChI=1S/C10H12NO2P/c1-12-7-14-13-10-4-2-3-9-8(10)5-6-11-9/h2-6,11,14H,7H2,1H3. The molecule has 74 valence electrons. The maximum atomic E-state index is 5.60. The quantitative estimate of drug-likeness (QED) is 0.620. The van der Waals surface area contributed by atoms with Crippen LogP contribution in [0.5, 0.6) is 5.75 Å². The first-order valence-corrected chi connectivity index (χ1v) is 5.48. The summed E-state index contributed by atoms with van der Waals surface area (Å²) in [6, 6.07) is 7.99. The van der Waals surface area contributed by atoms with Crippen molar-refractivity contribution in [3.8, 4) is 5.75 Å². The minimum absolute atomic E-state index is 0.349. The van der Waals surface area contributed by atoms with Crippen molar-refractivity contribution in [2.75, 3.05) is 13.5 Å². The van der Waals surface area contributed by atoms with Crippen LogP contribution in [0.15, 0.2) is 30.5 Å². The molecule has 0 aliphatic heterocycles. The first-order chi connectivity index (χ1) is 6.92. The van der Waals surface area contributed by atoms with Crippen LogP contribution in [0, 0.1) is 0 Å². The molecule has 0 aliphatic carbocycles. The summed E-state index contributed by atoms with van der Waals surface area (Å²) in [5.41, 5.74) is 1.10. The van der Waals surface area contributed by atoms with E-state index in [1.807, 2.05) is 30.5 Å². The maximum absolute atomic E-state index is 5.60. The van der Waals surface area contributed by atoms with Crippen molar-refractivity contribution >= 4 is 19.7 Å². The Bertz CT molecular complexity index is 413. The van der Waals surface area contributed by atoms with Crippen molar-refractivity contribution in [3.05, 3.63) is 30.5 Å². The Hall–Kier alpha value is -1.05. The molecule has 0 aliphatic rings. The Kier molecular flexibility index (Phi) is 3.02. The first-order valence-electron chi connectivity index (χ1n) is 4.36. The molecule has 14 heavy (non-hydrogen) atoms. The number of rotatable bonds is 4. The molecule has 0 bridgehead atoms. The SMILES string of the molecule is COCPOc1cccc2[nH]ccc12. The topological polar surface area (TPSA) is 34.2 Å². The number of H-pyrrole nitrogens is 1. The lowest BCUT2D eigenvalue weighted by molar-refractivity contribution is 0.252. The van der Waals surface area contributed by atoms with Gasteiger partial charge in [-0.1, -0.05) is 6.07 Å². The molecule has 1 aromatic heterocycles. The highest BCUT2D eigenvalue weighted by molar-refractivity contribution is 7.32. The minimum atomic E-state index is 0.349. The summed E-state index contributed by atoms with van der Waals surface area (Å²) >= 11 is 0. The Balaban J connectivity index is 2.19. The van der Waals surface area contributed by atoms with Crippen molar-refractivity contribution in [1.29, 1.82) is 0 Å². The summed E-state index contributed by atoms with van der Waals surface area (Å²) in [5, 5.41) is 1.12. The normalized spacial score (nSPS) is 11.5. The molecular weight excluding hydrogens is 197 g/mol. The van der Waals surface area contributed by atoms with Gasteiger partial charge in [-0.15, -0.1) is 0 Å². The molecule has 1 unspecified atom stereocenters. The molecule has 0 fully saturated rings. The maximum Gasteiger partial charge on any atom is 0.132 e. The van der Waals surface area contributed by atoms with Gasteiger partial charge in [0.1, 0.15) is 5.75 Å². The summed E-state index contributed by atoms with van der Waals surface area (Å²) in [7, 11) is 2.02. The van der Waals surface area contributed by atoms with E-state index >= 15 is 0 Å². The number of ether oxygens (including phenoxy) is 1. The van der Waals surface area contributed by atoms with Crippen LogP contribution in [0.25, 0.3) is 10.9 Å². The zero-order valence-electron chi connectivity index (χ0n) is 7.91. The van der Waals surface area contributed by atoms with Crippen LogP contribution in [0.4, 0.5) is 0 Å². The van der Waals surface area contributed by atoms with Gasteiger partial charge in [0.05, 0.1) is 15.2 Å². The number of hydrogen-bond acceptors (Lipinski definition) is 2. The third kappa shape index (κ3) is 1.89. The fourth-order valence-corrected chi connectivity index (χ4v) is 1.82. The van der Waals surface area contributed by atoms with E-state index in [0.717, 1.165) is 16.7 Å². The number of benzene rings is 1. The Labute approximate surface area is 84.3 Å². The lowest BCUT2D eigenvalue weighted by Crippen LogP contribution is -1.84. The van der Waals surface area contributed by atoms with Gasteiger partial charge in [0.2, 0.25) is 0 Å². The van der Waals surface area contributed by atoms with Gasteiger partial charge in [-0.25, -0.2) is 0 Å². The third-order valence-electron chi connectivity index (χ3n) is 1.94. The molecule has 4 heteroatoms. The zero-order valence-corrected chi connectivity index (χ0v) is 8.91. The van der Waals surface area contributed by atoms with Crippen LogP contribution in [-0.2, 0) is 4.74 Å². The smallest absolute Gasteiger partial charge is 0.132 e. The molecule has 3 nitrogen and oxygen atoms in total. The van der Waals surface area contributed by atoms with Crippen molar-refractivity contribution in [2.24, 2.45) is 0 Å². The third-order valence-corrected chi connectivity index (χ3v) is 2.71. The van der Waals surface area contributed by atoms with Crippen molar-refractivity contribution in [2.45, 2.75) is 0 Å². The van der Waals surface area contributed by atoms with Crippen LogP contribution in [0.3, 0.4) is 0 Å². The van der Waals surface area contributed by atoms with Gasteiger partial charge in [0.15, 0.2) is 0 Å². The predicted molar refractivity (Wildman–Crippen MR) is 59.1 cm³/mol. The molecule has 0 saturated heterocycles. The van der Waals surface area contributed by atoms with Gasteiger partial charge in [0, 0.05) is 24.2 Å². The highest BCUT2D eigenvalue weighted by atomic mass is 31.1. The summed E-state index contributed by atoms with van der Waals surface area (Å²) < 4.78 is 10.5. The molecule has 1 heterocycles. The molecule has 0 amide bonds. The Morgan fingerprint density at radius 3 is 3.14 bits per heavy atom. The van der Waals surface area contributed by atoms with E-state index in [9.17, 15) is 0 Å². The average molecular weight is 209 g/mol. The van der Waals surface area contributed by atoms with E-state index in [-0.39, 0.29) is 0 Å². The second-order valence-corrected chi connectivity index (χ2v) is 3.66. The van der Waals surface area contributed by atoms with E-state index in [4.69, 9.17) is 9.26 Å². The first kappa shape index (κ1) is 9.50. The van der Waals surface area contributed by atoms with E-state index in [2.05, 4.69) is 4.98 Å². The van der Waals surface area contributed by atoms with Crippen LogP contribution < -0.4 is 4.52 Å². The molecule has 2 aromatic rings. The van der Waals surface area contributed by atoms with Crippen molar-refractivity contribution < 1.29 is 9.26 Å². The molecule has 0 radical (unpaired) electrons. The van der Waals surface area contributed by atoms with E-state index in [1.54, 1.807) is 7.11 Å². The van der Waals surface area contributed by atoms with Gasteiger partial charge in [-0.3, -0.25) is 0 Å². The fraction of sp³-hybridized carbons (Fsp3) is 0.200. The highest BCUT2D eigenvalue weighted by Gasteiger charge is 2.01. The summed E-state index contributed by atoms with van der Waals surface area (Å²) in [6.45, 7) is 0. The summed E-state index contributed by atoms with van der Waals surface area (Å²) in [5.74, 6) is 0.916. The lowest BCUT2D eigenvalue weighted by atomic mass is 10.2. The highest BCUT2D eigenvalue weighted by Crippen LogP contribution is 2.29. The van der Waals surface area contributed by atoms with Gasteiger partial charge < -0.3 is 14.2 Å². The lowest BCUT2D eigenvalue weighted by Gasteiger charge is -2.05. The molecule has 1 N–H and O–H groups in total. The van der Waals surface area contributed by atoms with Crippen LogP contribution >= 0.6 is 8.81 Å². The number of hydrogen-bond donors (Lipinski definition) is 1. The van der Waals surface area contributed by atoms with E-state index < -0.39 is 0 Å². The fourth-order valence-electron chi connectivity index (χ4n) is 1.31. The number of fused-ring (bicyclic) bond motifs is 1.